The van der Waals surface area contributed by atoms with Gasteiger partial charge in [0.1, 0.15) is 5.82 Å². The van der Waals surface area contributed by atoms with E-state index in [1.54, 1.807) is 6.20 Å². The number of carbonyl (C=O) groups excluding carboxylic acids is 1. The van der Waals surface area contributed by atoms with Crippen molar-refractivity contribution in [2.45, 2.75) is 52.0 Å². The Kier molecular flexibility index (Phi) is 4.36. The number of fused-ring (bicyclic) bond motifs is 1. The molecule has 2 aromatic rings. The Hall–Kier alpha value is -2.10. The summed E-state index contributed by atoms with van der Waals surface area (Å²) in [6.45, 7) is 2.73. The largest absolute Gasteiger partial charge is 0.337 e. The lowest BCUT2D eigenvalue weighted by Gasteiger charge is -2.25. The van der Waals surface area contributed by atoms with Crippen LogP contribution in [0.2, 0.25) is 0 Å². The Morgan fingerprint density at radius 3 is 2.76 bits per heavy atom. The Morgan fingerprint density at radius 2 is 2.08 bits per heavy atom. The van der Waals surface area contributed by atoms with Gasteiger partial charge in [0.05, 0.1) is 6.54 Å². The molecule has 1 aromatic heterocycles. The van der Waals surface area contributed by atoms with Gasteiger partial charge in [-0.3, -0.25) is 4.79 Å². The maximum absolute atomic E-state index is 13.2. The SMILES string of the molecule is CC[C@H]1C[C@@H]1C(=O)N(Cc1nccn1C)c1ccc2c(c1)CCCC2. The van der Waals surface area contributed by atoms with Crippen molar-refractivity contribution in [1.82, 2.24) is 9.55 Å². The third kappa shape index (κ3) is 3.22. The van der Waals surface area contributed by atoms with Crippen LogP contribution in [0.4, 0.5) is 5.69 Å². The second-order valence-electron chi connectivity index (χ2n) is 7.55. The zero-order valence-electron chi connectivity index (χ0n) is 15.2. The molecule has 4 nitrogen and oxygen atoms in total. The van der Waals surface area contributed by atoms with Crippen LogP contribution < -0.4 is 4.90 Å². The number of benzene rings is 1. The minimum atomic E-state index is 0.196. The number of nitrogens with zero attached hydrogens (tertiary/aromatic N) is 3. The first-order valence-corrected chi connectivity index (χ1v) is 9.56. The van der Waals surface area contributed by atoms with E-state index < -0.39 is 0 Å². The number of rotatable bonds is 5. The summed E-state index contributed by atoms with van der Waals surface area (Å²) in [5.41, 5.74) is 3.91. The van der Waals surface area contributed by atoms with E-state index in [2.05, 4.69) is 30.1 Å². The average Bonchev–Trinajstić information content (AvgIpc) is 3.33. The Bertz CT molecular complexity index is 779. The molecule has 0 N–H and O–H groups in total. The number of amides is 1. The zero-order valence-corrected chi connectivity index (χ0v) is 15.2. The van der Waals surface area contributed by atoms with Crippen LogP contribution in [-0.4, -0.2) is 15.5 Å². The molecule has 1 saturated carbocycles. The average molecular weight is 337 g/mol. The minimum Gasteiger partial charge on any atom is -0.337 e. The highest BCUT2D eigenvalue weighted by atomic mass is 16.2. The molecule has 0 aliphatic heterocycles. The number of aromatic nitrogens is 2. The van der Waals surface area contributed by atoms with Gasteiger partial charge in [-0.2, -0.15) is 0 Å². The molecule has 2 aliphatic rings. The lowest BCUT2D eigenvalue weighted by Crippen LogP contribution is -2.33. The van der Waals surface area contributed by atoms with Gasteiger partial charge in [-0.1, -0.05) is 19.4 Å². The van der Waals surface area contributed by atoms with Crippen molar-refractivity contribution in [1.29, 1.82) is 0 Å². The molecule has 4 rings (SSSR count). The lowest BCUT2D eigenvalue weighted by molar-refractivity contribution is -0.120. The summed E-state index contributed by atoms with van der Waals surface area (Å²) in [5, 5.41) is 0. The summed E-state index contributed by atoms with van der Waals surface area (Å²) < 4.78 is 2.00. The quantitative estimate of drug-likeness (QED) is 0.830. The standard InChI is InChI=1S/C21H27N3O/c1-3-15-13-19(15)21(25)24(14-20-22-10-11-23(20)2)18-9-8-16-6-4-5-7-17(16)12-18/h8-12,15,19H,3-7,13-14H2,1-2H3/t15-,19-/m0/s1. The number of imidazole rings is 1. The molecule has 0 spiro atoms. The predicted molar refractivity (Wildman–Crippen MR) is 99.4 cm³/mol. The summed E-state index contributed by atoms with van der Waals surface area (Å²) >= 11 is 0. The molecule has 0 bridgehead atoms. The number of hydrogen-bond donors (Lipinski definition) is 0. The summed E-state index contributed by atoms with van der Waals surface area (Å²) in [4.78, 5) is 19.6. The van der Waals surface area contributed by atoms with Crippen molar-refractivity contribution < 1.29 is 4.79 Å². The van der Waals surface area contributed by atoms with E-state index in [4.69, 9.17) is 0 Å². The summed E-state index contributed by atoms with van der Waals surface area (Å²) in [6, 6.07) is 6.61. The van der Waals surface area contributed by atoms with Crippen LogP contribution in [0, 0.1) is 11.8 Å². The van der Waals surface area contributed by atoms with Crippen LogP contribution in [0.5, 0.6) is 0 Å². The molecular formula is C21H27N3O. The highest BCUT2D eigenvalue weighted by molar-refractivity contribution is 5.96. The van der Waals surface area contributed by atoms with Gasteiger partial charge in [-0.25, -0.2) is 4.98 Å². The molecular weight excluding hydrogens is 310 g/mol. The predicted octanol–water partition coefficient (Wildman–Crippen LogP) is 3.88. The molecule has 0 radical (unpaired) electrons. The van der Waals surface area contributed by atoms with E-state index in [0.29, 0.717) is 12.5 Å². The fourth-order valence-electron chi connectivity index (χ4n) is 4.08. The van der Waals surface area contributed by atoms with Crippen LogP contribution in [-0.2, 0) is 31.2 Å². The fourth-order valence-corrected chi connectivity index (χ4v) is 4.08. The number of hydrogen-bond acceptors (Lipinski definition) is 2. The van der Waals surface area contributed by atoms with E-state index in [1.807, 2.05) is 22.7 Å². The van der Waals surface area contributed by atoms with Gasteiger partial charge in [0.15, 0.2) is 0 Å². The van der Waals surface area contributed by atoms with Gasteiger partial charge < -0.3 is 9.47 Å². The fraction of sp³-hybridized carbons (Fsp3) is 0.524. The summed E-state index contributed by atoms with van der Waals surface area (Å²) in [6.07, 6.45) is 10.7. The van der Waals surface area contributed by atoms with E-state index >= 15 is 0 Å². The van der Waals surface area contributed by atoms with Gasteiger partial charge in [0.25, 0.3) is 0 Å². The van der Waals surface area contributed by atoms with Crippen molar-refractivity contribution in [3.8, 4) is 0 Å². The monoisotopic (exact) mass is 337 g/mol. The molecule has 4 heteroatoms. The van der Waals surface area contributed by atoms with Gasteiger partial charge >= 0.3 is 0 Å². The normalized spacial score (nSPS) is 21.7. The van der Waals surface area contributed by atoms with Crippen molar-refractivity contribution in [2.75, 3.05) is 4.90 Å². The second kappa shape index (κ2) is 6.66. The van der Waals surface area contributed by atoms with Crippen molar-refractivity contribution in [3.63, 3.8) is 0 Å². The topological polar surface area (TPSA) is 38.1 Å². The van der Waals surface area contributed by atoms with Gasteiger partial charge in [-0.05, 0) is 61.3 Å². The summed E-state index contributed by atoms with van der Waals surface area (Å²) in [7, 11) is 1.99. The molecule has 2 aliphatic carbocycles. The maximum atomic E-state index is 13.2. The Morgan fingerprint density at radius 1 is 1.28 bits per heavy atom. The number of aryl methyl sites for hydroxylation is 3. The molecule has 1 amide bonds. The molecule has 1 aromatic carbocycles. The number of anilines is 1. The highest BCUT2D eigenvalue weighted by Gasteiger charge is 2.44. The van der Waals surface area contributed by atoms with Gasteiger partial charge in [-0.15, -0.1) is 0 Å². The molecule has 0 saturated heterocycles. The van der Waals surface area contributed by atoms with Gasteiger partial charge in [0.2, 0.25) is 5.91 Å². The molecule has 2 atom stereocenters. The van der Waals surface area contributed by atoms with Crippen LogP contribution in [0.1, 0.15) is 49.6 Å². The first-order valence-electron chi connectivity index (χ1n) is 9.56. The van der Waals surface area contributed by atoms with Gasteiger partial charge in [0, 0.05) is 31.0 Å². The Labute approximate surface area is 149 Å². The molecule has 1 heterocycles. The van der Waals surface area contributed by atoms with Crippen molar-refractivity contribution >= 4 is 11.6 Å². The van der Waals surface area contributed by atoms with E-state index in [1.165, 1.54) is 30.4 Å². The van der Waals surface area contributed by atoms with Crippen molar-refractivity contribution in [2.24, 2.45) is 18.9 Å². The van der Waals surface area contributed by atoms with E-state index in [-0.39, 0.29) is 11.8 Å². The highest BCUT2D eigenvalue weighted by Crippen LogP contribution is 2.43. The zero-order chi connectivity index (χ0) is 17.4. The van der Waals surface area contributed by atoms with Crippen LogP contribution in [0.15, 0.2) is 30.6 Å². The van der Waals surface area contributed by atoms with Crippen LogP contribution >= 0.6 is 0 Å². The van der Waals surface area contributed by atoms with Crippen LogP contribution in [0.3, 0.4) is 0 Å². The maximum Gasteiger partial charge on any atom is 0.230 e. The first-order chi connectivity index (χ1) is 12.2. The molecule has 132 valence electrons. The van der Waals surface area contributed by atoms with E-state index in [0.717, 1.165) is 30.8 Å². The third-order valence-electron chi connectivity index (χ3n) is 5.89. The minimum absolute atomic E-state index is 0.196. The molecule has 1 fully saturated rings. The first kappa shape index (κ1) is 16.4. The van der Waals surface area contributed by atoms with E-state index in [9.17, 15) is 4.79 Å². The van der Waals surface area contributed by atoms with Crippen molar-refractivity contribution in [3.05, 3.63) is 47.5 Å². The summed E-state index contributed by atoms with van der Waals surface area (Å²) in [5.74, 6) is 1.96. The molecule has 25 heavy (non-hydrogen) atoms. The third-order valence-corrected chi connectivity index (χ3v) is 5.89. The second-order valence-corrected chi connectivity index (χ2v) is 7.55. The lowest BCUT2D eigenvalue weighted by atomic mass is 9.91. The number of carbonyl (C=O) groups is 1. The molecule has 0 unspecified atom stereocenters. The smallest absolute Gasteiger partial charge is 0.230 e. The van der Waals surface area contributed by atoms with Crippen LogP contribution in [0.25, 0.3) is 0 Å². The Balaban J connectivity index is 1.65.